The van der Waals surface area contributed by atoms with Gasteiger partial charge in [-0.1, -0.05) is 11.6 Å². The second kappa shape index (κ2) is 6.80. The lowest BCUT2D eigenvalue weighted by atomic mass is 10.1. The first kappa shape index (κ1) is 16.6. The van der Waals surface area contributed by atoms with Crippen LogP contribution in [0.25, 0.3) is 11.0 Å². The zero-order valence-electron chi connectivity index (χ0n) is 13.7. The van der Waals surface area contributed by atoms with Gasteiger partial charge in [0.05, 0.1) is 17.7 Å². The highest BCUT2D eigenvalue weighted by molar-refractivity contribution is 6.32. The van der Waals surface area contributed by atoms with Gasteiger partial charge in [0.1, 0.15) is 31.2 Å². The van der Waals surface area contributed by atoms with Gasteiger partial charge in [0.15, 0.2) is 11.5 Å². The summed E-state index contributed by atoms with van der Waals surface area (Å²) >= 11 is 6.18. The molecule has 0 saturated heterocycles. The van der Waals surface area contributed by atoms with Crippen molar-refractivity contribution in [3.8, 4) is 17.2 Å². The summed E-state index contributed by atoms with van der Waals surface area (Å²) in [5.74, 6) is 0.778. The minimum atomic E-state index is -0.396. The molecule has 2 heterocycles. The minimum absolute atomic E-state index is 0.0655. The highest BCUT2D eigenvalue weighted by atomic mass is 35.5. The molecular weight excluding hydrogens is 360 g/mol. The van der Waals surface area contributed by atoms with Gasteiger partial charge in [-0.3, -0.25) is 4.79 Å². The van der Waals surface area contributed by atoms with Crippen molar-refractivity contribution in [2.75, 3.05) is 13.2 Å². The van der Waals surface area contributed by atoms with Crippen molar-refractivity contribution >= 4 is 28.5 Å². The van der Waals surface area contributed by atoms with Gasteiger partial charge in [-0.05, 0) is 29.8 Å². The number of ether oxygens (including phenoxy) is 3. The summed E-state index contributed by atoms with van der Waals surface area (Å²) in [5.41, 5.74) is 1.94. The summed E-state index contributed by atoms with van der Waals surface area (Å²) in [7, 11) is 0. The van der Waals surface area contributed by atoms with E-state index in [1.807, 2.05) is 0 Å². The molecule has 0 unspecified atom stereocenters. The number of halogens is 1. The van der Waals surface area contributed by atoms with Crippen molar-refractivity contribution in [2.45, 2.75) is 13.0 Å². The number of phenolic OH excluding ortho intramolecular Hbond substituents is 1. The molecule has 0 fully saturated rings. The smallest absolute Gasteiger partial charge is 0.310 e. The number of carbonyl (C=O) groups is 1. The fourth-order valence-electron chi connectivity index (χ4n) is 2.83. The molecule has 0 aliphatic carbocycles. The molecule has 0 amide bonds. The van der Waals surface area contributed by atoms with Gasteiger partial charge >= 0.3 is 5.97 Å². The number of carbonyl (C=O) groups excluding carboxylic acids is 1. The second-order valence-electron chi connectivity index (χ2n) is 5.88. The zero-order valence-corrected chi connectivity index (χ0v) is 14.4. The fraction of sp³-hybridized carbons (Fsp3) is 0.211. The third-order valence-electron chi connectivity index (χ3n) is 4.03. The molecule has 1 aromatic heterocycles. The van der Waals surface area contributed by atoms with Crippen molar-refractivity contribution < 1.29 is 28.5 Å². The van der Waals surface area contributed by atoms with Crippen molar-refractivity contribution in [3.63, 3.8) is 0 Å². The van der Waals surface area contributed by atoms with Crippen molar-refractivity contribution in [1.82, 2.24) is 0 Å². The second-order valence-corrected chi connectivity index (χ2v) is 6.29. The third-order valence-corrected chi connectivity index (χ3v) is 4.31. The molecule has 3 aromatic rings. The maximum atomic E-state index is 12.2. The number of furan rings is 1. The SMILES string of the molecule is O=C(Cc1coc2cc(O)ccc12)OCc1cc(Cl)c2c(c1)OCCO2. The van der Waals surface area contributed by atoms with E-state index in [1.165, 1.54) is 12.3 Å². The molecule has 7 heteroatoms. The molecule has 1 aliphatic heterocycles. The predicted octanol–water partition coefficient (Wildman–Crippen LogP) is 3.85. The molecule has 0 spiro atoms. The van der Waals surface area contributed by atoms with E-state index in [0.717, 1.165) is 10.9 Å². The van der Waals surface area contributed by atoms with Crippen LogP contribution in [0.5, 0.6) is 17.2 Å². The molecule has 0 saturated carbocycles. The number of phenols is 1. The van der Waals surface area contributed by atoms with Crippen LogP contribution in [0.2, 0.25) is 5.02 Å². The lowest BCUT2D eigenvalue weighted by Gasteiger charge is -2.20. The molecule has 0 bridgehead atoms. The Morgan fingerprint density at radius 3 is 2.92 bits per heavy atom. The van der Waals surface area contributed by atoms with Crippen LogP contribution in [0, 0.1) is 0 Å². The molecule has 4 rings (SSSR count). The van der Waals surface area contributed by atoms with E-state index >= 15 is 0 Å². The molecule has 0 atom stereocenters. The number of rotatable bonds is 4. The molecule has 0 radical (unpaired) electrons. The zero-order chi connectivity index (χ0) is 18.1. The van der Waals surface area contributed by atoms with E-state index < -0.39 is 5.97 Å². The van der Waals surface area contributed by atoms with Crippen LogP contribution in [0.4, 0.5) is 0 Å². The van der Waals surface area contributed by atoms with E-state index in [9.17, 15) is 9.90 Å². The lowest BCUT2D eigenvalue weighted by molar-refractivity contribution is -0.144. The molecule has 1 aliphatic rings. The van der Waals surface area contributed by atoms with Gasteiger partial charge in [0.25, 0.3) is 0 Å². The monoisotopic (exact) mass is 374 g/mol. The van der Waals surface area contributed by atoms with Crippen LogP contribution in [-0.4, -0.2) is 24.3 Å². The first-order valence-electron chi connectivity index (χ1n) is 8.03. The highest BCUT2D eigenvalue weighted by Crippen LogP contribution is 2.38. The van der Waals surface area contributed by atoms with Crippen LogP contribution in [0.1, 0.15) is 11.1 Å². The van der Waals surface area contributed by atoms with E-state index in [-0.39, 0.29) is 18.8 Å². The molecular formula is C19H15ClO6. The maximum absolute atomic E-state index is 12.2. The number of fused-ring (bicyclic) bond motifs is 2. The summed E-state index contributed by atoms with van der Waals surface area (Å²) < 4.78 is 21.7. The van der Waals surface area contributed by atoms with Crippen molar-refractivity contribution in [3.05, 3.63) is 52.7 Å². The van der Waals surface area contributed by atoms with E-state index in [2.05, 4.69) is 0 Å². The number of hydrogen-bond acceptors (Lipinski definition) is 6. The Morgan fingerprint density at radius 2 is 2.04 bits per heavy atom. The molecule has 134 valence electrons. The van der Waals surface area contributed by atoms with Gasteiger partial charge in [-0.25, -0.2) is 0 Å². The van der Waals surface area contributed by atoms with Gasteiger partial charge in [0.2, 0.25) is 0 Å². The Morgan fingerprint density at radius 1 is 1.19 bits per heavy atom. The topological polar surface area (TPSA) is 78.1 Å². The van der Waals surface area contributed by atoms with Crippen molar-refractivity contribution in [1.29, 1.82) is 0 Å². The average Bonchev–Trinajstić information content (AvgIpc) is 3.02. The average molecular weight is 375 g/mol. The number of aromatic hydroxyl groups is 1. The normalized spacial score (nSPS) is 13.0. The minimum Gasteiger partial charge on any atom is -0.508 e. The fourth-order valence-corrected chi connectivity index (χ4v) is 3.11. The molecule has 1 N–H and O–H groups in total. The Bertz CT molecular complexity index is 978. The van der Waals surface area contributed by atoms with E-state index in [0.29, 0.717) is 40.9 Å². The van der Waals surface area contributed by atoms with Gasteiger partial charge in [-0.2, -0.15) is 0 Å². The van der Waals surface area contributed by atoms with Gasteiger partial charge in [-0.15, -0.1) is 0 Å². The molecule has 26 heavy (non-hydrogen) atoms. The Labute approximate surface area is 153 Å². The summed E-state index contributed by atoms with van der Waals surface area (Å²) in [4.78, 5) is 12.2. The number of hydrogen-bond donors (Lipinski definition) is 1. The summed E-state index contributed by atoms with van der Waals surface area (Å²) in [5, 5.41) is 10.6. The van der Waals surface area contributed by atoms with E-state index in [4.69, 9.17) is 30.2 Å². The predicted molar refractivity (Wildman–Crippen MR) is 93.8 cm³/mol. The Kier molecular flexibility index (Phi) is 4.34. The van der Waals surface area contributed by atoms with Crippen LogP contribution in [0.3, 0.4) is 0 Å². The largest absolute Gasteiger partial charge is 0.508 e. The van der Waals surface area contributed by atoms with Crippen LogP contribution >= 0.6 is 11.6 Å². The number of benzene rings is 2. The summed E-state index contributed by atoms with van der Waals surface area (Å²) in [6, 6.07) is 8.20. The highest BCUT2D eigenvalue weighted by Gasteiger charge is 2.18. The maximum Gasteiger partial charge on any atom is 0.310 e. The molecule has 2 aromatic carbocycles. The third kappa shape index (κ3) is 3.28. The van der Waals surface area contributed by atoms with Crippen LogP contribution < -0.4 is 9.47 Å². The molecule has 6 nitrogen and oxygen atoms in total. The van der Waals surface area contributed by atoms with E-state index in [1.54, 1.807) is 24.3 Å². The van der Waals surface area contributed by atoms with Gasteiger partial charge in [0, 0.05) is 17.0 Å². The standard InChI is InChI=1S/C19H15ClO6/c20-15-5-11(6-17-19(15)24-4-3-23-17)9-26-18(22)7-12-10-25-16-8-13(21)1-2-14(12)16/h1-2,5-6,8,10,21H,3-4,7,9H2. The van der Waals surface area contributed by atoms with Crippen LogP contribution in [-0.2, 0) is 22.6 Å². The first-order chi connectivity index (χ1) is 12.6. The Hall–Kier alpha value is -2.86. The number of esters is 1. The first-order valence-corrected chi connectivity index (χ1v) is 8.40. The lowest BCUT2D eigenvalue weighted by Crippen LogP contribution is -2.16. The quantitative estimate of drug-likeness (QED) is 0.699. The summed E-state index contributed by atoms with van der Waals surface area (Å²) in [6.07, 6.45) is 1.56. The Balaban J connectivity index is 1.43. The van der Waals surface area contributed by atoms with Crippen LogP contribution in [0.15, 0.2) is 41.0 Å². The van der Waals surface area contributed by atoms with Crippen molar-refractivity contribution in [2.24, 2.45) is 0 Å². The summed E-state index contributed by atoms with van der Waals surface area (Å²) in [6.45, 7) is 0.985. The van der Waals surface area contributed by atoms with Gasteiger partial charge < -0.3 is 23.7 Å².